The Morgan fingerprint density at radius 1 is 0.400 bits per heavy atom. The van der Waals surface area contributed by atoms with Crippen LogP contribution in [0.3, 0.4) is 0 Å². The third-order valence-electron chi connectivity index (χ3n) is 10.2. The van der Waals surface area contributed by atoms with Crippen molar-refractivity contribution in [1.82, 2.24) is 0 Å². The molecule has 0 aromatic heterocycles. The first-order valence-corrected chi connectivity index (χ1v) is 21.7. The van der Waals surface area contributed by atoms with Crippen LogP contribution >= 0.6 is 0 Å². The van der Waals surface area contributed by atoms with Crippen LogP contribution in [0.5, 0.6) is 23.0 Å². The maximum absolute atomic E-state index is 7.12. The lowest BCUT2D eigenvalue weighted by atomic mass is 9.98. The lowest BCUT2D eigenvalue weighted by molar-refractivity contribution is -0.0266. The molecule has 2 aliphatic heterocycles. The highest BCUT2D eigenvalue weighted by Gasteiger charge is 2.25. The van der Waals surface area contributed by atoms with Crippen molar-refractivity contribution in [2.45, 2.75) is 143 Å². The molecule has 2 aromatic carbocycles. The average Bonchev–Trinajstić information content (AvgIpc) is 3.86. The first kappa shape index (κ1) is 45.1. The van der Waals surface area contributed by atoms with Gasteiger partial charge in [-0.05, 0) is 111 Å². The summed E-state index contributed by atoms with van der Waals surface area (Å²) in [4.78, 5) is 0. The van der Waals surface area contributed by atoms with Gasteiger partial charge in [-0.3, -0.25) is 0 Å². The zero-order valence-corrected chi connectivity index (χ0v) is 34.8. The largest absolute Gasteiger partial charge is 0.454 e. The maximum atomic E-state index is 7.12. The highest BCUT2D eigenvalue weighted by molar-refractivity contribution is 5.46. The smallest absolute Gasteiger partial charge is 0.231 e. The van der Waals surface area contributed by atoms with Crippen LogP contribution in [0, 0.1) is 11.8 Å². The topological polar surface area (TPSA) is 83.1 Å². The van der Waals surface area contributed by atoms with Crippen molar-refractivity contribution in [3.8, 4) is 23.0 Å². The van der Waals surface area contributed by atoms with Crippen LogP contribution in [-0.2, 0) is 23.7 Å². The summed E-state index contributed by atoms with van der Waals surface area (Å²) in [5, 5.41) is 0. The molecule has 55 heavy (non-hydrogen) atoms. The Morgan fingerprint density at radius 3 is 1.15 bits per heavy atom. The fourth-order valence-electron chi connectivity index (χ4n) is 6.69. The van der Waals surface area contributed by atoms with Gasteiger partial charge in [-0.15, -0.1) is 0 Å². The van der Waals surface area contributed by atoms with Crippen LogP contribution < -0.4 is 18.9 Å². The molecule has 0 spiro atoms. The number of hydrogen-bond acceptors (Lipinski definition) is 9. The second kappa shape index (κ2) is 27.9. The summed E-state index contributed by atoms with van der Waals surface area (Å²) in [5.41, 5.74) is 2.26. The summed E-state index contributed by atoms with van der Waals surface area (Å²) < 4.78 is 53.2. The number of hydrogen-bond donors (Lipinski definition) is 0. The van der Waals surface area contributed by atoms with Crippen LogP contribution in [0.15, 0.2) is 36.4 Å². The van der Waals surface area contributed by atoms with E-state index in [0.717, 1.165) is 190 Å². The predicted molar refractivity (Wildman–Crippen MR) is 219 cm³/mol. The fourth-order valence-corrected chi connectivity index (χ4v) is 6.69. The van der Waals surface area contributed by atoms with Gasteiger partial charge >= 0.3 is 0 Å². The van der Waals surface area contributed by atoms with Gasteiger partial charge in [-0.25, -0.2) is 0 Å². The summed E-state index contributed by atoms with van der Waals surface area (Å²) >= 11 is 0. The highest BCUT2D eigenvalue weighted by Crippen LogP contribution is 2.41. The molecule has 9 nitrogen and oxygen atoms in total. The zero-order chi connectivity index (χ0) is 38.8. The van der Waals surface area contributed by atoms with Gasteiger partial charge in [0.15, 0.2) is 23.0 Å². The van der Waals surface area contributed by atoms with E-state index >= 15 is 0 Å². The van der Waals surface area contributed by atoms with Crippen molar-refractivity contribution in [3.63, 3.8) is 0 Å². The van der Waals surface area contributed by atoms with Crippen LogP contribution in [-0.4, -0.2) is 66.4 Å². The Bertz CT molecular complexity index is 1170. The highest BCUT2D eigenvalue weighted by atomic mass is 16.7. The molecule has 2 unspecified atom stereocenters. The van der Waals surface area contributed by atoms with E-state index in [1.54, 1.807) is 0 Å². The third kappa shape index (κ3) is 19.0. The summed E-state index contributed by atoms with van der Waals surface area (Å²) in [7, 11) is 0. The van der Waals surface area contributed by atoms with E-state index in [4.69, 9.17) is 42.6 Å². The number of ether oxygens (including phenoxy) is 9. The lowest BCUT2D eigenvalue weighted by Gasteiger charge is -2.26. The van der Waals surface area contributed by atoms with Crippen LogP contribution in [0.1, 0.15) is 154 Å². The molecular weight excluding hydrogens is 696 g/mol. The summed E-state index contributed by atoms with van der Waals surface area (Å²) in [6.45, 7) is 16.1. The standard InChI is InChI=1S/C46H74O9/c1-37(2)23-31-49-29-15-13-27-47-25-11-7-5-9-17-41(39-19-21-43-45(33-39)53-35-51-43)55-42(40-20-22-44-46(34-40)54-36-52-44)18-10-6-8-12-26-48-28-14-16-30-50-32-24-38(3)4/h19-22,33-34,37-38,41-42H,5-18,23-32,35-36H2,1-4H3. The molecule has 0 saturated heterocycles. The second-order valence-electron chi connectivity index (χ2n) is 16.0. The molecule has 0 radical (unpaired) electrons. The van der Waals surface area contributed by atoms with Gasteiger partial charge in [0.05, 0.1) is 12.2 Å². The molecule has 2 aliphatic rings. The summed E-state index contributed by atoms with van der Waals surface area (Å²) in [5.74, 6) is 4.58. The quantitative estimate of drug-likeness (QED) is 0.0646. The summed E-state index contributed by atoms with van der Waals surface area (Å²) in [6, 6.07) is 12.5. The monoisotopic (exact) mass is 771 g/mol. The van der Waals surface area contributed by atoms with Gasteiger partial charge in [0, 0.05) is 52.9 Å². The Morgan fingerprint density at radius 2 is 0.745 bits per heavy atom. The molecular formula is C46H74O9. The average molecular weight is 771 g/mol. The van der Waals surface area contributed by atoms with E-state index in [1.165, 1.54) is 0 Å². The van der Waals surface area contributed by atoms with E-state index in [1.807, 2.05) is 12.1 Å². The van der Waals surface area contributed by atoms with Gasteiger partial charge in [0.25, 0.3) is 0 Å². The number of benzene rings is 2. The molecule has 0 bridgehead atoms. The molecule has 0 saturated carbocycles. The molecule has 0 aliphatic carbocycles. The van der Waals surface area contributed by atoms with Crippen molar-refractivity contribution >= 4 is 0 Å². The van der Waals surface area contributed by atoms with Gasteiger partial charge in [0.1, 0.15) is 0 Å². The number of unbranched alkanes of at least 4 members (excludes halogenated alkanes) is 8. The van der Waals surface area contributed by atoms with E-state index in [9.17, 15) is 0 Å². The molecule has 2 atom stereocenters. The molecule has 2 aromatic rings. The SMILES string of the molecule is CC(C)CCOCCCCOCCCCCCC(OC(CCCCCCOCCCCOCCC(C)C)c1ccc2c(c1)OCO2)c1ccc2c(c1)OCO2. The molecule has 4 rings (SSSR count). The minimum absolute atomic E-state index is 0.0714. The van der Waals surface area contributed by atoms with E-state index in [-0.39, 0.29) is 25.8 Å². The fraction of sp³-hybridized carbons (Fsp3) is 0.739. The Balaban J connectivity index is 1.20. The van der Waals surface area contributed by atoms with Crippen LogP contribution in [0.4, 0.5) is 0 Å². The first-order valence-electron chi connectivity index (χ1n) is 21.7. The Kier molecular flexibility index (Phi) is 22.9. The third-order valence-corrected chi connectivity index (χ3v) is 10.2. The predicted octanol–water partition coefficient (Wildman–Crippen LogP) is 11.6. The van der Waals surface area contributed by atoms with Crippen LogP contribution in [0.2, 0.25) is 0 Å². The molecule has 0 fully saturated rings. The van der Waals surface area contributed by atoms with E-state index < -0.39 is 0 Å². The van der Waals surface area contributed by atoms with Crippen molar-refractivity contribution in [3.05, 3.63) is 47.5 Å². The summed E-state index contributed by atoms with van der Waals surface area (Å²) in [6.07, 6.45) is 17.1. The van der Waals surface area contributed by atoms with E-state index in [0.29, 0.717) is 11.8 Å². The molecule has 0 amide bonds. The Labute approximate surface area is 333 Å². The normalized spacial score (nSPS) is 14.4. The van der Waals surface area contributed by atoms with Gasteiger partial charge < -0.3 is 42.6 Å². The van der Waals surface area contributed by atoms with Crippen LogP contribution in [0.25, 0.3) is 0 Å². The number of fused-ring (bicyclic) bond motifs is 2. The first-order chi connectivity index (χ1) is 27.0. The second-order valence-corrected chi connectivity index (χ2v) is 16.0. The lowest BCUT2D eigenvalue weighted by Crippen LogP contribution is -2.12. The number of rotatable bonds is 34. The molecule has 2 heterocycles. The van der Waals surface area contributed by atoms with Gasteiger partial charge in [-0.1, -0.05) is 78.4 Å². The zero-order valence-electron chi connectivity index (χ0n) is 34.8. The van der Waals surface area contributed by atoms with E-state index in [2.05, 4.69) is 52.0 Å². The van der Waals surface area contributed by atoms with Crippen molar-refractivity contribution in [2.75, 3.05) is 66.4 Å². The van der Waals surface area contributed by atoms with Gasteiger partial charge in [-0.2, -0.15) is 0 Å². The molecule has 312 valence electrons. The Hall–Kier alpha value is -2.56. The molecule has 0 N–H and O–H groups in total. The molecule has 9 heteroatoms. The van der Waals surface area contributed by atoms with Crippen molar-refractivity contribution in [1.29, 1.82) is 0 Å². The van der Waals surface area contributed by atoms with Crippen molar-refractivity contribution < 1.29 is 42.6 Å². The minimum atomic E-state index is -0.0714. The maximum Gasteiger partial charge on any atom is 0.231 e. The minimum Gasteiger partial charge on any atom is -0.454 e. The van der Waals surface area contributed by atoms with Crippen molar-refractivity contribution in [2.24, 2.45) is 11.8 Å². The van der Waals surface area contributed by atoms with Gasteiger partial charge in [0.2, 0.25) is 13.6 Å².